The summed E-state index contributed by atoms with van der Waals surface area (Å²) in [7, 11) is 1.80. The van der Waals surface area contributed by atoms with Gasteiger partial charge >= 0.3 is 0 Å². The predicted molar refractivity (Wildman–Crippen MR) is 28.8 cm³/mol. The van der Waals surface area contributed by atoms with Crippen molar-refractivity contribution in [1.29, 1.82) is 0 Å². The Bertz CT molecular complexity index is 120. The largest absolute Gasteiger partial charge is 0.457 e. The van der Waals surface area contributed by atoms with Gasteiger partial charge in [0.2, 0.25) is 12.7 Å². The highest BCUT2D eigenvalue weighted by molar-refractivity contribution is 4.97. The second-order valence-electron chi connectivity index (χ2n) is 1.54. The lowest BCUT2D eigenvalue weighted by Gasteiger charge is -1.95. The molecule has 0 saturated carbocycles. The Labute approximate surface area is 48.3 Å². The molecule has 0 radical (unpaired) electrons. The summed E-state index contributed by atoms with van der Waals surface area (Å²) in [6.07, 6.45) is 0. The van der Waals surface area contributed by atoms with Crippen LogP contribution in [0.4, 0.5) is 0 Å². The van der Waals surface area contributed by atoms with Crippen LogP contribution < -0.4 is 5.32 Å². The van der Waals surface area contributed by atoms with Crippen molar-refractivity contribution in [1.82, 2.24) is 5.32 Å². The van der Waals surface area contributed by atoms with E-state index in [1.54, 1.807) is 7.05 Å². The van der Waals surface area contributed by atoms with Gasteiger partial charge in [-0.25, -0.2) is 0 Å². The Morgan fingerprint density at radius 1 is 1.50 bits per heavy atom. The van der Waals surface area contributed by atoms with E-state index in [0.29, 0.717) is 6.79 Å². The molecule has 0 atom stereocenters. The van der Waals surface area contributed by atoms with Crippen molar-refractivity contribution in [2.75, 3.05) is 13.8 Å². The van der Waals surface area contributed by atoms with E-state index in [9.17, 15) is 0 Å². The monoisotopic (exact) mass is 115 g/mol. The number of rotatable bonds is 1. The standard InChI is InChI=1S/C5H9NO2/c1-4-5(6-2)8-3-7-4/h6H,3H2,1-2H3. The van der Waals surface area contributed by atoms with Crippen LogP contribution in [0.5, 0.6) is 0 Å². The van der Waals surface area contributed by atoms with Crippen LogP contribution in [-0.4, -0.2) is 13.8 Å². The van der Waals surface area contributed by atoms with Crippen molar-refractivity contribution in [2.24, 2.45) is 0 Å². The van der Waals surface area contributed by atoms with Crippen LogP contribution in [-0.2, 0) is 9.47 Å². The van der Waals surface area contributed by atoms with E-state index in [1.807, 2.05) is 6.92 Å². The normalized spacial score (nSPS) is 17.8. The third-order valence-corrected chi connectivity index (χ3v) is 1.03. The minimum absolute atomic E-state index is 0.349. The Hall–Kier alpha value is -0.860. The van der Waals surface area contributed by atoms with E-state index in [2.05, 4.69) is 5.32 Å². The van der Waals surface area contributed by atoms with Crippen LogP contribution >= 0.6 is 0 Å². The van der Waals surface area contributed by atoms with Crippen molar-refractivity contribution < 1.29 is 9.47 Å². The van der Waals surface area contributed by atoms with Crippen LogP contribution in [0.2, 0.25) is 0 Å². The zero-order chi connectivity index (χ0) is 5.98. The predicted octanol–water partition coefficient (Wildman–Crippen LogP) is 0.399. The topological polar surface area (TPSA) is 30.5 Å². The van der Waals surface area contributed by atoms with Crippen LogP contribution in [0.1, 0.15) is 6.92 Å². The van der Waals surface area contributed by atoms with Crippen molar-refractivity contribution in [3.05, 3.63) is 11.6 Å². The lowest BCUT2D eigenvalue weighted by Crippen LogP contribution is -2.06. The number of hydrogen-bond donors (Lipinski definition) is 1. The van der Waals surface area contributed by atoms with E-state index in [0.717, 1.165) is 11.6 Å². The van der Waals surface area contributed by atoms with E-state index < -0.39 is 0 Å². The summed E-state index contributed by atoms with van der Waals surface area (Å²) < 4.78 is 9.91. The molecule has 0 aromatic heterocycles. The molecular formula is C5H9NO2. The maximum absolute atomic E-state index is 4.96. The van der Waals surface area contributed by atoms with Crippen LogP contribution in [0.25, 0.3) is 0 Å². The summed E-state index contributed by atoms with van der Waals surface area (Å²) >= 11 is 0. The molecule has 1 aliphatic rings. The van der Waals surface area contributed by atoms with Gasteiger partial charge in [0.15, 0.2) is 5.76 Å². The molecule has 1 heterocycles. The summed E-state index contributed by atoms with van der Waals surface area (Å²) in [5.74, 6) is 1.57. The minimum Gasteiger partial charge on any atom is -0.457 e. The van der Waals surface area contributed by atoms with E-state index in [1.165, 1.54) is 0 Å². The van der Waals surface area contributed by atoms with Crippen molar-refractivity contribution in [3.8, 4) is 0 Å². The highest BCUT2D eigenvalue weighted by Crippen LogP contribution is 2.10. The third-order valence-electron chi connectivity index (χ3n) is 1.03. The Balaban J connectivity index is 2.58. The molecule has 0 bridgehead atoms. The smallest absolute Gasteiger partial charge is 0.232 e. The van der Waals surface area contributed by atoms with E-state index in [4.69, 9.17) is 9.47 Å². The molecule has 1 N–H and O–H groups in total. The van der Waals surface area contributed by atoms with Gasteiger partial charge in [-0.2, -0.15) is 0 Å². The molecule has 0 saturated heterocycles. The second kappa shape index (κ2) is 1.94. The van der Waals surface area contributed by atoms with Crippen LogP contribution in [0.3, 0.4) is 0 Å². The molecule has 0 aliphatic carbocycles. The number of allylic oxidation sites excluding steroid dienone is 1. The van der Waals surface area contributed by atoms with Crippen molar-refractivity contribution in [3.63, 3.8) is 0 Å². The first-order valence-electron chi connectivity index (χ1n) is 2.49. The molecule has 0 aromatic carbocycles. The van der Waals surface area contributed by atoms with Gasteiger partial charge < -0.3 is 14.8 Å². The average molecular weight is 115 g/mol. The van der Waals surface area contributed by atoms with Gasteiger partial charge in [0.25, 0.3) is 0 Å². The van der Waals surface area contributed by atoms with Gasteiger partial charge in [0, 0.05) is 7.05 Å². The molecule has 1 aliphatic heterocycles. The zero-order valence-corrected chi connectivity index (χ0v) is 5.02. The molecule has 46 valence electrons. The quantitative estimate of drug-likeness (QED) is 0.536. The van der Waals surface area contributed by atoms with E-state index in [-0.39, 0.29) is 0 Å². The molecule has 1 rings (SSSR count). The lowest BCUT2D eigenvalue weighted by molar-refractivity contribution is 0.0676. The van der Waals surface area contributed by atoms with Crippen molar-refractivity contribution >= 4 is 0 Å². The maximum Gasteiger partial charge on any atom is 0.232 e. The molecule has 8 heavy (non-hydrogen) atoms. The molecule has 0 spiro atoms. The Morgan fingerprint density at radius 2 is 2.25 bits per heavy atom. The number of hydrogen-bond acceptors (Lipinski definition) is 3. The fourth-order valence-corrected chi connectivity index (χ4v) is 0.592. The van der Waals surface area contributed by atoms with Crippen LogP contribution in [0.15, 0.2) is 11.6 Å². The second-order valence-corrected chi connectivity index (χ2v) is 1.54. The Morgan fingerprint density at radius 3 is 2.50 bits per heavy atom. The molecule has 0 amide bonds. The zero-order valence-electron chi connectivity index (χ0n) is 5.02. The first-order valence-corrected chi connectivity index (χ1v) is 2.49. The first-order chi connectivity index (χ1) is 3.84. The van der Waals surface area contributed by atoms with Crippen LogP contribution in [0, 0.1) is 0 Å². The van der Waals surface area contributed by atoms with Gasteiger partial charge in [-0.3, -0.25) is 0 Å². The molecule has 0 unspecified atom stereocenters. The average Bonchev–Trinajstić information content (AvgIpc) is 2.14. The van der Waals surface area contributed by atoms with E-state index >= 15 is 0 Å². The minimum atomic E-state index is 0.349. The summed E-state index contributed by atoms with van der Waals surface area (Å²) in [5.41, 5.74) is 0. The maximum atomic E-state index is 4.96. The molecule has 0 fully saturated rings. The molecule has 0 aromatic rings. The lowest BCUT2D eigenvalue weighted by atomic mass is 10.6. The number of ether oxygens (including phenoxy) is 2. The molecule has 3 heteroatoms. The fourth-order valence-electron chi connectivity index (χ4n) is 0.592. The number of nitrogens with one attached hydrogen (secondary N) is 1. The first kappa shape index (κ1) is 5.28. The van der Waals surface area contributed by atoms with Gasteiger partial charge in [-0.15, -0.1) is 0 Å². The third kappa shape index (κ3) is 0.710. The van der Waals surface area contributed by atoms with Gasteiger partial charge in [0.1, 0.15) is 0 Å². The highest BCUT2D eigenvalue weighted by Gasteiger charge is 2.09. The Kier molecular flexibility index (Phi) is 1.28. The summed E-state index contributed by atoms with van der Waals surface area (Å²) in [6.45, 7) is 2.21. The fraction of sp³-hybridized carbons (Fsp3) is 0.600. The molecule has 3 nitrogen and oxygen atoms in total. The highest BCUT2D eigenvalue weighted by atomic mass is 16.7. The summed E-state index contributed by atoms with van der Waals surface area (Å²) in [4.78, 5) is 0. The molecular weight excluding hydrogens is 106 g/mol. The summed E-state index contributed by atoms with van der Waals surface area (Å²) in [5, 5.41) is 2.85. The summed E-state index contributed by atoms with van der Waals surface area (Å²) in [6, 6.07) is 0. The van der Waals surface area contributed by atoms with Gasteiger partial charge in [-0.05, 0) is 6.92 Å². The van der Waals surface area contributed by atoms with Gasteiger partial charge in [0.05, 0.1) is 0 Å². The SMILES string of the molecule is CNC1=C(C)OCO1. The van der Waals surface area contributed by atoms with Crippen molar-refractivity contribution in [2.45, 2.75) is 6.92 Å². The van der Waals surface area contributed by atoms with Gasteiger partial charge in [-0.1, -0.05) is 0 Å².